The second-order valence-corrected chi connectivity index (χ2v) is 4.57. The molecule has 2 rings (SSSR count). The van der Waals surface area contributed by atoms with Gasteiger partial charge in [0.25, 0.3) is 0 Å². The quantitative estimate of drug-likeness (QED) is 0.822. The lowest BCUT2D eigenvalue weighted by molar-refractivity contribution is 0.269. The number of nitrogens with zero attached hydrogens (tertiary/aromatic N) is 2. The molecule has 0 fully saturated rings. The van der Waals surface area contributed by atoms with Crippen LogP contribution in [0.15, 0.2) is 24.3 Å². The van der Waals surface area contributed by atoms with E-state index in [0.717, 1.165) is 5.69 Å². The zero-order chi connectivity index (χ0) is 12.4. The highest BCUT2D eigenvalue weighted by Crippen LogP contribution is 2.19. The molecule has 0 aliphatic carbocycles. The van der Waals surface area contributed by atoms with Gasteiger partial charge in [-0.15, -0.1) is 0 Å². The molecule has 0 aliphatic heterocycles. The first-order chi connectivity index (χ1) is 8.13. The summed E-state index contributed by atoms with van der Waals surface area (Å²) >= 11 is 5.16. The number of nitrogens with one attached hydrogen (secondary N) is 1. The molecule has 1 aromatic carbocycles. The van der Waals surface area contributed by atoms with Crippen LogP contribution in [0.5, 0.6) is 0 Å². The van der Waals surface area contributed by atoms with Gasteiger partial charge in [0.1, 0.15) is 6.61 Å². The number of rotatable bonds is 3. The predicted molar refractivity (Wildman–Crippen MR) is 68.8 cm³/mol. The van der Waals surface area contributed by atoms with Crippen molar-refractivity contribution < 1.29 is 5.11 Å². The lowest BCUT2D eigenvalue weighted by Gasteiger charge is -2.09. The maximum atomic E-state index is 9.22. The van der Waals surface area contributed by atoms with Gasteiger partial charge in [0, 0.05) is 5.69 Å². The fraction of sp³-hybridized carbons (Fsp3) is 0.333. The Balaban J connectivity index is 2.56. The van der Waals surface area contributed by atoms with Gasteiger partial charge in [-0.1, -0.05) is 26.0 Å². The molecular formula is C12H15N3OS. The summed E-state index contributed by atoms with van der Waals surface area (Å²) in [5.41, 5.74) is 2.16. The lowest BCUT2D eigenvalue weighted by Crippen LogP contribution is -2.02. The topological polar surface area (TPSA) is 53.8 Å². The number of aliphatic hydroxyl groups excluding tert-OH is 1. The van der Waals surface area contributed by atoms with Crippen LogP contribution in [0.2, 0.25) is 0 Å². The fourth-order valence-corrected chi connectivity index (χ4v) is 1.98. The van der Waals surface area contributed by atoms with E-state index in [1.807, 2.05) is 12.1 Å². The summed E-state index contributed by atoms with van der Waals surface area (Å²) in [6.45, 7) is 4.14. The second kappa shape index (κ2) is 4.81. The molecule has 0 amide bonds. The maximum Gasteiger partial charge on any atom is 0.199 e. The number of aliphatic hydroxyl groups is 1. The second-order valence-electron chi connectivity index (χ2n) is 4.19. The van der Waals surface area contributed by atoms with Gasteiger partial charge in [-0.05, 0) is 35.8 Å². The Morgan fingerprint density at radius 3 is 2.88 bits per heavy atom. The van der Waals surface area contributed by atoms with E-state index < -0.39 is 0 Å². The highest BCUT2D eigenvalue weighted by Gasteiger charge is 2.08. The summed E-state index contributed by atoms with van der Waals surface area (Å²) in [7, 11) is 0. The number of hydrogen-bond acceptors (Lipinski definition) is 3. The Hall–Kier alpha value is -1.46. The van der Waals surface area contributed by atoms with E-state index in [0.29, 0.717) is 16.5 Å². The highest BCUT2D eigenvalue weighted by atomic mass is 32.1. The summed E-state index contributed by atoms with van der Waals surface area (Å²) in [5, 5.41) is 15.9. The van der Waals surface area contributed by atoms with Crippen molar-refractivity contribution in [2.24, 2.45) is 0 Å². The molecule has 0 saturated heterocycles. The van der Waals surface area contributed by atoms with Crippen molar-refractivity contribution in [3.8, 4) is 5.69 Å². The van der Waals surface area contributed by atoms with Crippen molar-refractivity contribution in [2.45, 2.75) is 26.4 Å². The molecule has 2 N–H and O–H groups in total. The van der Waals surface area contributed by atoms with Gasteiger partial charge < -0.3 is 5.11 Å². The van der Waals surface area contributed by atoms with Crippen LogP contribution >= 0.6 is 12.2 Å². The summed E-state index contributed by atoms with van der Waals surface area (Å²) in [6.07, 6.45) is 0. The van der Waals surface area contributed by atoms with E-state index in [1.165, 1.54) is 5.56 Å². The molecule has 0 atom stereocenters. The van der Waals surface area contributed by atoms with Gasteiger partial charge in [0.2, 0.25) is 0 Å². The highest BCUT2D eigenvalue weighted by molar-refractivity contribution is 7.71. The van der Waals surface area contributed by atoms with E-state index in [-0.39, 0.29) is 6.61 Å². The monoisotopic (exact) mass is 249 g/mol. The number of benzene rings is 1. The number of H-pyrrole nitrogens is 1. The van der Waals surface area contributed by atoms with E-state index in [4.69, 9.17) is 12.2 Å². The molecule has 0 bridgehead atoms. The smallest absolute Gasteiger partial charge is 0.199 e. The van der Waals surface area contributed by atoms with Crippen LogP contribution in [-0.2, 0) is 6.61 Å². The standard InChI is InChI=1S/C12H15N3OS/c1-8(2)9-4-3-5-10(6-9)15-11(7-16)13-14-12(15)17/h3-6,8,16H,7H2,1-2H3,(H,14,17). The normalized spacial score (nSPS) is 11.1. The van der Waals surface area contributed by atoms with E-state index in [2.05, 4.69) is 36.2 Å². The zero-order valence-electron chi connectivity index (χ0n) is 9.84. The molecule has 1 heterocycles. The Labute approximate surface area is 105 Å². The minimum Gasteiger partial charge on any atom is -0.388 e. The molecule has 17 heavy (non-hydrogen) atoms. The molecule has 0 saturated carbocycles. The van der Waals surface area contributed by atoms with Gasteiger partial charge >= 0.3 is 0 Å². The predicted octanol–water partition coefficient (Wildman–Crippen LogP) is 2.55. The number of hydrogen-bond donors (Lipinski definition) is 2. The Bertz CT molecular complexity index is 571. The molecular weight excluding hydrogens is 234 g/mol. The summed E-state index contributed by atoms with van der Waals surface area (Å²) in [6, 6.07) is 8.09. The van der Waals surface area contributed by atoms with Crippen LogP contribution in [0.4, 0.5) is 0 Å². The van der Waals surface area contributed by atoms with Crippen molar-refractivity contribution in [3.05, 3.63) is 40.4 Å². The van der Waals surface area contributed by atoms with Crippen LogP contribution in [0.3, 0.4) is 0 Å². The third-order valence-electron chi connectivity index (χ3n) is 2.68. The van der Waals surface area contributed by atoms with Crippen LogP contribution in [-0.4, -0.2) is 19.9 Å². The van der Waals surface area contributed by atoms with Gasteiger partial charge in [0.15, 0.2) is 10.6 Å². The SMILES string of the molecule is CC(C)c1cccc(-n2c(CO)n[nH]c2=S)c1. The third-order valence-corrected chi connectivity index (χ3v) is 2.95. The van der Waals surface area contributed by atoms with Crippen molar-refractivity contribution in [3.63, 3.8) is 0 Å². The van der Waals surface area contributed by atoms with Crippen molar-refractivity contribution in [1.29, 1.82) is 0 Å². The van der Waals surface area contributed by atoms with Gasteiger partial charge in [0.05, 0.1) is 0 Å². The largest absolute Gasteiger partial charge is 0.388 e. The van der Waals surface area contributed by atoms with Crippen molar-refractivity contribution in [2.75, 3.05) is 0 Å². The molecule has 1 aromatic heterocycles. The van der Waals surface area contributed by atoms with E-state index >= 15 is 0 Å². The molecule has 5 heteroatoms. The molecule has 0 radical (unpaired) electrons. The van der Waals surface area contributed by atoms with Gasteiger partial charge in [-0.25, -0.2) is 0 Å². The van der Waals surface area contributed by atoms with E-state index in [9.17, 15) is 5.11 Å². The summed E-state index contributed by atoms with van der Waals surface area (Å²) in [4.78, 5) is 0. The van der Waals surface area contributed by atoms with Gasteiger partial charge in [-0.2, -0.15) is 5.10 Å². The molecule has 2 aromatic rings. The zero-order valence-corrected chi connectivity index (χ0v) is 10.7. The Morgan fingerprint density at radius 1 is 1.47 bits per heavy atom. The Kier molecular flexibility index (Phi) is 3.40. The average molecular weight is 249 g/mol. The number of aromatic nitrogens is 3. The van der Waals surface area contributed by atoms with Crippen LogP contribution < -0.4 is 0 Å². The first kappa shape index (κ1) is 12.0. The lowest BCUT2D eigenvalue weighted by atomic mass is 10.0. The molecule has 0 aliphatic rings. The molecule has 0 unspecified atom stereocenters. The summed E-state index contributed by atoms with van der Waals surface area (Å²) < 4.78 is 2.25. The summed E-state index contributed by atoms with van der Waals surface area (Å²) in [5.74, 6) is 0.976. The first-order valence-corrected chi connectivity index (χ1v) is 5.91. The minimum absolute atomic E-state index is 0.140. The van der Waals surface area contributed by atoms with Crippen molar-refractivity contribution in [1.82, 2.24) is 14.8 Å². The van der Waals surface area contributed by atoms with Crippen LogP contribution in [0.25, 0.3) is 5.69 Å². The third kappa shape index (κ3) is 2.30. The van der Waals surface area contributed by atoms with Crippen molar-refractivity contribution >= 4 is 12.2 Å². The molecule has 0 spiro atoms. The van der Waals surface area contributed by atoms with Crippen LogP contribution in [0.1, 0.15) is 31.2 Å². The average Bonchev–Trinajstić information content (AvgIpc) is 2.70. The first-order valence-electron chi connectivity index (χ1n) is 5.51. The Morgan fingerprint density at radius 2 is 2.24 bits per heavy atom. The minimum atomic E-state index is -0.140. The van der Waals surface area contributed by atoms with E-state index in [1.54, 1.807) is 4.57 Å². The van der Waals surface area contributed by atoms with Gasteiger partial charge in [-0.3, -0.25) is 9.67 Å². The molecule has 4 nitrogen and oxygen atoms in total. The fourth-order valence-electron chi connectivity index (χ4n) is 1.72. The number of aromatic amines is 1. The van der Waals surface area contributed by atoms with Crippen LogP contribution in [0, 0.1) is 4.77 Å². The molecule has 90 valence electrons. The maximum absolute atomic E-state index is 9.22.